The van der Waals surface area contributed by atoms with Crippen LogP contribution in [0.3, 0.4) is 0 Å². The molecule has 0 saturated carbocycles. The van der Waals surface area contributed by atoms with Crippen molar-refractivity contribution in [2.45, 2.75) is 20.0 Å². The predicted octanol–water partition coefficient (Wildman–Crippen LogP) is 4.16. The highest BCUT2D eigenvalue weighted by Crippen LogP contribution is 2.18. The number of carbonyl (C=O) groups excluding carboxylic acids is 2. The molecular formula is C17H16ClNO3. The van der Waals surface area contributed by atoms with E-state index in [-0.39, 0.29) is 12.0 Å². The molecule has 5 heteroatoms. The Labute approximate surface area is 134 Å². The van der Waals surface area contributed by atoms with E-state index in [4.69, 9.17) is 16.3 Å². The van der Waals surface area contributed by atoms with Crippen LogP contribution < -0.4 is 5.32 Å². The van der Waals surface area contributed by atoms with E-state index >= 15 is 0 Å². The van der Waals surface area contributed by atoms with Crippen molar-refractivity contribution >= 4 is 29.2 Å². The van der Waals surface area contributed by atoms with Gasteiger partial charge in [-0.1, -0.05) is 29.8 Å². The molecule has 2 rings (SSSR count). The minimum Gasteiger partial charge on any atom is -0.459 e. The second kappa shape index (κ2) is 7.09. The summed E-state index contributed by atoms with van der Waals surface area (Å²) in [5.41, 5.74) is 1.26. The van der Waals surface area contributed by atoms with Gasteiger partial charge < -0.3 is 10.1 Å². The minimum absolute atomic E-state index is 0.200. The van der Waals surface area contributed by atoms with Gasteiger partial charge >= 0.3 is 5.97 Å². The fraction of sp³-hybridized carbons (Fsp3) is 0.176. The van der Waals surface area contributed by atoms with Crippen molar-refractivity contribution in [2.75, 3.05) is 5.32 Å². The van der Waals surface area contributed by atoms with E-state index < -0.39 is 5.97 Å². The number of halogens is 1. The van der Waals surface area contributed by atoms with E-state index in [1.165, 1.54) is 0 Å². The zero-order valence-corrected chi connectivity index (χ0v) is 13.1. The molecule has 2 aromatic carbocycles. The molecule has 0 aliphatic rings. The third kappa shape index (κ3) is 4.09. The second-order valence-corrected chi connectivity index (χ2v) is 5.38. The van der Waals surface area contributed by atoms with Crippen LogP contribution >= 0.6 is 11.6 Å². The summed E-state index contributed by atoms with van der Waals surface area (Å²) < 4.78 is 5.13. The molecule has 0 saturated heterocycles. The SMILES string of the molecule is CC(C)OC(=O)c1cccc(NC(=O)c2ccccc2Cl)c1. The Balaban J connectivity index is 2.15. The average molecular weight is 318 g/mol. The van der Waals surface area contributed by atoms with Gasteiger partial charge in [-0.25, -0.2) is 4.79 Å². The topological polar surface area (TPSA) is 55.4 Å². The molecule has 2 aromatic rings. The third-order valence-corrected chi connectivity index (χ3v) is 3.15. The lowest BCUT2D eigenvalue weighted by Gasteiger charge is -2.10. The van der Waals surface area contributed by atoms with Crippen molar-refractivity contribution in [3.63, 3.8) is 0 Å². The van der Waals surface area contributed by atoms with Crippen molar-refractivity contribution in [3.05, 3.63) is 64.7 Å². The number of hydrogen-bond donors (Lipinski definition) is 1. The van der Waals surface area contributed by atoms with E-state index in [9.17, 15) is 9.59 Å². The maximum Gasteiger partial charge on any atom is 0.338 e. The van der Waals surface area contributed by atoms with Gasteiger partial charge in [0.05, 0.1) is 22.3 Å². The quantitative estimate of drug-likeness (QED) is 0.861. The highest BCUT2D eigenvalue weighted by molar-refractivity contribution is 6.34. The van der Waals surface area contributed by atoms with Gasteiger partial charge in [0.25, 0.3) is 5.91 Å². The molecule has 0 aliphatic carbocycles. The molecule has 0 unspecified atom stereocenters. The summed E-state index contributed by atoms with van der Waals surface area (Å²) in [6.45, 7) is 3.56. The second-order valence-electron chi connectivity index (χ2n) is 4.97. The molecule has 0 atom stereocenters. The van der Waals surface area contributed by atoms with E-state index in [1.54, 1.807) is 62.4 Å². The summed E-state index contributed by atoms with van der Waals surface area (Å²) in [5.74, 6) is -0.760. The molecule has 22 heavy (non-hydrogen) atoms. The summed E-state index contributed by atoms with van der Waals surface area (Å²) in [6.07, 6.45) is -0.200. The highest BCUT2D eigenvalue weighted by Gasteiger charge is 2.12. The van der Waals surface area contributed by atoms with Crippen molar-refractivity contribution in [3.8, 4) is 0 Å². The van der Waals surface area contributed by atoms with Gasteiger partial charge in [0.2, 0.25) is 0 Å². The Morgan fingerprint density at radius 3 is 2.50 bits per heavy atom. The normalized spacial score (nSPS) is 10.4. The maximum atomic E-state index is 12.2. The minimum atomic E-state index is -0.427. The van der Waals surface area contributed by atoms with Gasteiger partial charge in [-0.3, -0.25) is 4.79 Å². The van der Waals surface area contributed by atoms with Crippen LogP contribution in [-0.2, 0) is 4.74 Å². The lowest BCUT2D eigenvalue weighted by molar-refractivity contribution is 0.0378. The number of amides is 1. The summed E-state index contributed by atoms with van der Waals surface area (Å²) in [6, 6.07) is 13.3. The van der Waals surface area contributed by atoms with Crippen molar-refractivity contribution in [1.82, 2.24) is 0 Å². The van der Waals surface area contributed by atoms with E-state index in [1.807, 2.05) is 0 Å². The smallest absolute Gasteiger partial charge is 0.338 e. The van der Waals surface area contributed by atoms with Gasteiger partial charge in [0.1, 0.15) is 0 Å². The number of nitrogens with one attached hydrogen (secondary N) is 1. The summed E-state index contributed by atoms with van der Waals surface area (Å²) in [4.78, 5) is 24.0. The largest absolute Gasteiger partial charge is 0.459 e. The van der Waals surface area contributed by atoms with Crippen LogP contribution in [0.4, 0.5) is 5.69 Å². The molecule has 4 nitrogen and oxygen atoms in total. The lowest BCUT2D eigenvalue weighted by Crippen LogP contribution is -2.14. The van der Waals surface area contributed by atoms with Crippen LogP contribution in [0, 0.1) is 0 Å². The first-order valence-electron chi connectivity index (χ1n) is 6.84. The fourth-order valence-corrected chi connectivity index (χ4v) is 2.07. The number of ether oxygens (including phenoxy) is 1. The van der Waals surface area contributed by atoms with Crippen LogP contribution in [0.25, 0.3) is 0 Å². The Kier molecular flexibility index (Phi) is 5.17. The van der Waals surface area contributed by atoms with Gasteiger partial charge in [-0.2, -0.15) is 0 Å². The van der Waals surface area contributed by atoms with Crippen LogP contribution in [0.2, 0.25) is 5.02 Å². The Morgan fingerprint density at radius 1 is 1.09 bits per heavy atom. The maximum absolute atomic E-state index is 12.2. The average Bonchev–Trinajstić information content (AvgIpc) is 2.47. The monoisotopic (exact) mass is 317 g/mol. The number of anilines is 1. The fourth-order valence-electron chi connectivity index (χ4n) is 1.85. The first kappa shape index (κ1) is 16.0. The molecule has 0 bridgehead atoms. The lowest BCUT2D eigenvalue weighted by atomic mass is 10.1. The molecule has 0 fully saturated rings. The molecular weight excluding hydrogens is 302 g/mol. The number of benzene rings is 2. The first-order valence-corrected chi connectivity index (χ1v) is 7.22. The third-order valence-electron chi connectivity index (χ3n) is 2.82. The zero-order valence-electron chi connectivity index (χ0n) is 12.3. The first-order chi connectivity index (χ1) is 10.5. The van der Waals surface area contributed by atoms with Crippen LogP contribution in [0.15, 0.2) is 48.5 Å². The Hall–Kier alpha value is -2.33. The van der Waals surface area contributed by atoms with Crippen LogP contribution in [0.1, 0.15) is 34.6 Å². The summed E-state index contributed by atoms with van der Waals surface area (Å²) in [7, 11) is 0. The highest BCUT2D eigenvalue weighted by atomic mass is 35.5. The van der Waals surface area contributed by atoms with Gasteiger partial charge in [-0.15, -0.1) is 0 Å². The van der Waals surface area contributed by atoms with Crippen molar-refractivity contribution < 1.29 is 14.3 Å². The van der Waals surface area contributed by atoms with E-state index in [2.05, 4.69) is 5.32 Å². The van der Waals surface area contributed by atoms with E-state index in [0.717, 1.165) is 0 Å². The molecule has 0 spiro atoms. The predicted molar refractivity (Wildman–Crippen MR) is 86.4 cm³/mol. The molecule has 0 heterocycles. The van der Waals surface area contributed by atoms with Crippen LogP contribution in [0.5, 0.6) is 0 Å². The number of carbonyl (C=O) groups is 2. The van der Waals surface area contributed by atoms with Crippen LogP contribution in [-0.4, -0.2) is 18.0 Å². The van der Waals surface area contributed by atoms with Crippen molar-refractivity contribution in [1.29, 1.82) is 0 Å². The zero-order chi connectivity index (χ0) is 16.1. The van der Waals surface area contributed by atoms with Gasteiger partial charge in [-0.05, 0) is 44.2 Å². The number of hydrogen-bond acceptors (Lipinski definition) is 3. The van der Waals surface area contributed by atoms with Gasteiger partial charge in [0.15, 0.2) is 0 Å². The standard InChI is InChI=1S/C17H16ClNO3/c1-11(2)22-17(21)12-6-5-7-13(10-12)19-16(20)14-8-3-4-9-15(14)18/h3-11H,1-2H3,(H,19,20). The molecule has 1 N–H and O–H groups in total. The molecule has 114 valence electrons. The molecule has 0 aliphatic heterocycles. The molecule has 0 aromatic heterocycles. The Morgan fingerprint density at radius 2 is 1.82 bits per heavy atom. The van der Waals surface area contributed by atoms with Gasteiger partial charge in [0, 0.05) is 5.69 Å². The summed E-state index contributed by atoms with van der Waals surface area (Å²) >= 11 is 5.99. The number of esters is 1. The number of rotatable bonds is 4. The Bertz CT molecular complexity index is 698. The molecule has 1 amide bonds. The van der Waals surface area contributed by atoms with Crippen molar-refractivity contribution in [2.24, 2.45) is 0 Å². The molecule has 0 radical (unpaired) electrons. The summed E-state index contributed by atoms with van der Waals surface area (Å²) in [5, 5.41) is 3.09. The van der Waals surface area contributed by atoms with E-state index in [0.29, 0.717) is 21.8 Å².